The fraction of sp³-hybridized carbons (Fsp3) is 0.0400. The van der Waals surface area contributed by atoms with Gasteiger partial charge in [-0.15, -0.1) is 0 Å². The largest absolute Gasteiger partial charge is 0.339 e. The first-order valence-electron chi connectivity index (χ1n) is 10.4. The molecule has 2 heterocycles. The van der Waals surface area contributed by atoms with Gasteiger partial charge >= 0.3 is 0 Å². The molecule has 0 aliphatic carbocycles. The normalized spacial score (nSPS) is 12.2. The number of anilines is 1. The molecule has 176 valence electrons. The Morgan fingerprint density at radius 3 is 2.51 bits per heavy atom. The van der Waals surface area contributed by atoms with Gasteiger partial charge in [-0.3, -0.25) is 9.93 Å². The fourth-order valence-corrected chi connectivity index (χ4v) is 4.70. The second-order valence-corrected chi connectivity index (χ2v) is 9.64. The molecule has 1 unspecified atom stereocenters. The minimum Gasteiger partial charge on any atom is -0.339 e. The number of carbonyl (C=O) groups is 1. The second-order valence-electron chi connectivity index (χ2n) is 7.82. The van der Waals surface area contributed by atoms with Crippen LogP contribution in [0.5, 0.6) is 0 Å². The van der Waals surface area contributed by atoms with E-state index in [1.807, 2.05) is 30.3 Å². The molecule has 0 spiro atoms. The van der Waals surface area contributed by atoms with Gasteiger partial charge in [0.15, 0.2) is 11.6 Å². The summed E-state index contributed by atoms with van der Waals surface area (Å²) in [7, 11) is -1.59. The van der Waals surface area contributed by atoms with Crippen LogP contribution in [0.25, 0.3) is 33.1 Å². The minimum atomic E-state index is -1.59. The van der Waals surface area contributed by atoms with Crippen molar-refractivity contribution in [3.63, 3.8) is 0 Å². The van der Waals surface area contributed by atoms with Crippen LogP contribution in [-0.4, -0.2) is 26.2 Å². The lowest BCUT2D eigenvalue weighted by Crippen LogP contribution is -2.11. The highest BCUT2D eigenvalue weighted by Crippen LogP contribution is 2.31. The predicted molar refractivity (Wildman–Crippen MR) is 137 cm³/mol. The first kappa shape index (κ1) is 23.2. The average molecular weight is 509 g/mol. The van der Waals surface area contributed by atoms with Crippen molar-refractivity contribution in [3.05, 3.63) is 89.6 Å². The van der Waals surface area contributed by atoms with E-state index in [9.17, 15) is 17.8 Å². The highest BCUT2D eigenvalue weighted by Gasteiger charge is 2.23. The number of rotatable bonds is 6. The summed E-state index contributed by atoms with van der Waals surface area (Å²) < 4.78 is 43.3. The van der Waals surface area contributed by atoms with Gasteiger partial charge < -0.3 is 9.71 Å². The van der Waals surface area contributed by atoms with Crippen molar-refractivity contribution in [1.29, 1.82) is 0 Å². The Morgan fingerprint density at radius 2 is 1.80 bits per heavy atom. The van der Waals surface area contributed by atoms with E-state index in [-0.39, 0.29) is 11.3 Å². The predicted octanol–water partition coefficient (Wildman–Crippen LogP) is 5.56. The van der Waals surface area contributed by atoms with Crippen molar-refractivity contribution in [3.8, 4) is 11.1 Å². The molecule has 0 aliphatic heterocycles. The molecular weight excluding hydrogens is 490 g/mol. The SMILES string of the molecule is CS(=O)Nc1ccc(F)c(C(=O)c2ccc3[nH]c4ncc(-c5ccc(SN)cc5)cc4c3c2)c1F. The van der Waals surface area contributed by atoms with E-state index in [4.69, 9.17) is 5.14 Å². The third-order valence-corrected chi connectivity index (χ3v) is 6.66. The summed E-state index contributed by atoms with van der Waals surface area (Å²) in [5.74, 6) is -2.91. The number of nitrogens with two attached hydrogens (primary N) is 1. The molecule has 0 radical (unpaired) electrons. The molecule has 5 rings (SSSR count). The minimum absolute atomic E-state index is 0.112. The Balaban J connectivity index is 1.60. The van der Waals surface area contributed by atoms with Gasteiger partial charge in [-0.25, -0.2) is 18.0 Å². The topological polar surface area (TPSA) is 101 Å². The zero-order valence-corrected chi connectivity index (χ0v) is 19.9. The molecule has 2 aromatic heterocycles. The Bertz CT molecular complexity index is 1630. The van der Waals surface area contributed by atoms with Gasteiger partial charge in [-0.05, 0) is 66.0 Å². The number of benzene rings is 3. The quantitative estimate of drug-likeness (QED) is 0.206. The lowest BCUT2D eigenvalue weighted by Gasteiger charge is -2.10. The maximum Gasteiger partial charge on any atom is 0.199 e. The lowest BCUT2D eigenvalue weighted by molar-refractivity contribution is 0.103. The van der Waals surface area contributed by atoms with Crippen LogP contribution in [0.4, 0.5) is 14.5 Å². The second kappa shape index (κ2) is 9.21. The molecule has 5 aromatic rings. The van der Waals surface area contributed by atoms with Gasteiger partial charge in [-0.1, -0.05) is 12.1 Å². The average Bonchev–Trinajstić information content (AvgIpc) is 3.23. The van der Waals surface area contributed by atoms with E-state index in [0.717, 1.165) is 51.0 Å². The highest BCUT2D eigenvalue weighted by atomic mass is 32.2. The highest BCUT2D eigenvalue weighted by molar-refractivity contribution is 7.97. The van der Waals surface area contributed by atoms with Gasteiger partial charge in [-0.2, -0.15) is 0 Å². The van der Waals surface area contributed by atoms with E-state index in [1.54, 1.807) is 18.3 Å². The van der Waals surface area contributed by atoms with Gasteiger partial charge in [0.1, 0.15) is 22.5 Å². The zero-order valence-electron chi connectivity index (χ0n) is 18.3. The van der Waals surface area contributed by atoms with Crippen molar-refractivity contribution in [1.82, 2.24) is 9.97 Å². The molecule has 0 bridgehead atoms. The Hall–Kier alpha value is -3.60. The van der Waals surface area contributed by atoms with Crippen LogP contribution in [-0.2, 0) is 11.0 Å². The first-order valence-corrected chi connectivity index (χ1v) is 12.8. The molecule has 0 amide bonds. The van der Waals surface area contributed by atoms with Crippen LogP contribution in [0.2, 0.25) is 0 Å². The maximum atomic E-state index is 14.9. The number of ketones is 1. The van der Waals surface area contributed by atoms with Crippen LogP contribution in [0.3, 0.4) is 0 Å². The molecule has 0 fully saturated rings. The van der Waals surface area contributed by atoms with Crippen LogP contribution < -0.4 is 9.86 Å². The number of nitrogens with zero attached hydrogens (tertiary/aromatic N) is 1. The van der Waals surface area contributed by atoms with Crippen molar-refractivity contribution >= 4 is 56.3 Å². The molecule has 0 aliphatic rings. The summed E-state index contributed by atoms with van der Waals surface area (Å²) in [6, 6.07) is 16.5. The van der Waals surface area contributed by atoms with Gasteiger partial charge in [0, 0.05) is 44.8 Å². The third kappa shape index (κ3) is 4.31. The summed E-state index contributed by atoms with van der Waals surface area (Å²) >= 11 is 1.16. The number of nitrogens with one attached hydrogen (secondary N) is 2. The number of H-pyrrole nitrogens is 1. The van der Waals surface area contributed by atoms with Crippen LogP contribution in [0.1, 0.15) is 15.9 Å². The number of fused-ring (bicyclic) bond motifs is 3. The Morgan fingerprint density at radius 1 is 1.03 bits per heavy atom. The number of pyridine rings is 1. The standard InChI is InChI=1S/C25H18F2N4O2S2/c1-35(33)31-21-9-7-19(26)22(23(21)27)24(32)14-4-8-20-17(10-14)18-11-15(12-29-25(18)30-20)13-2-5-16(34-28)6-3-13/h2-12,31H,28H2,1H3,(H,29,30). The molecule has 3 aromatic carbocycles. The number of aromatic nitrogens is 2. The zero-order chi connectivity index (χ0) is 24.7. The number of hydrogen-bond acceptors (Lipinski definition) is 5. The summed E-state index contributed by atoms with van der Waals surface area (Å²) in [6.45, 7) is 0. The van der Waals surface area contributed by atoms with E-state index in [2.05, 4.69) is 14.7 Å². The van der Waals surface area contributed by atoms with Crippen molar-refractivity contribution in [2.45, 2.75) is 4.90 Å². The molecule has 0 saturated heterocycles. The summed E-state index contributed by atoms with van der Waals surface area (Å²) in [6.07, 6.45) is 3.05. The number of aromatic amines is 1. The molecule has 4 N–H and O–H groups in total. The third-order valence-electron chi connectivity index (χ3n) is 5.61. The lowest BCUT2D eigenvalue weighted by atomic mass is 9.99. The summed E-state index contributed by atoms with van der Waals surface area (Å²) in [5, 5.41) is 7.06. The number of halogens is 2. The molecule has 35 heavy (non-hydrogen) atoms. The van der Waals surface area contributed by atoms with Gasteiger partial charge in [0.2, 0.25) is 0 Å². The van der Waals surface area contributed by atoms with Crippen molar-refractivity contribution < 1.29 is 17.8 Å². The van der Waals surface area contributed by atoms with E-state index >= 15 is 0 Å². The van der Waals surface area contributed by atoms with Gasteiger partial charge in [0.05, 0.1) is 11.3 Å². The van der Waals surface area contributed by atoms with E-state index < -0.39 is 34.0 Å². The van der Waals surface area contributed by atoms with Crippen LogP contribution >= 0.6 is 11.9 Å². The number of carbonyl (C=O) groups excluding carboxylic acids is 1. The van der Waals surface area contributed by atoms with Gasteiger partial charge in [0.25, 0.3) is 0 Å². The Labute approximate surface area is 205 Å². The number of hydrogen-bond donors (Lipinski definition) is 3. The Kier molecular flexibility index (Phi) is 6.10. The summed E-state index contributed by atoms with van der Waals surface area (Å²) in [4.78, 5) is 21.8. The van der Waals surface area contributed by atoms with E-state index in [0.29, 0.717) is 11.0 Å². The van der Waals surface area contributed by atoms with Crippen LogP contribution in [0.15, 0.2) is 71.8 Å². The smallest absolute Gasteiger partial charge is 0.199 e. The maximum absolute atomic E-state index is 14.9. The molecule has 0 saturated carbocycles. The molecule has 6 nitrogen and oxygen atoms in total. The summed E-state index contributed by atoms with van der Waals surface area (Å²) in [5.41, 5.74) is 2.35. The monoisotopic (exact) mass is 508 g/mol. The molecule has 10 heteroatoms. The molecular formula is C25H18F2N4O2S2. The first-order chi connectivity index (χ1) is 16.9. The fourth-order valence-electron chi connectivity index (χ4n) is 3.94. The van der Waals surface area contributed by atoms with E-state index in [1.165, 1.54) is 12.3 Å². The molecule has 1 atom stereocenters. The van der Waals surface area contributed by atoms with Crippen LogP contribution in [0, 0.1) is 11.6 Å². The van der Waals surface area contributed by atoms with Crippen molar-refractivity contribution in [2.24, 2.45) is 5.14 Å². The van der Waals surface area contributed by atoms with Crippen molar-refractivity contribution in [2.75, 3.05) is 11.0 Å².